The number of halogens is 4. The van der Waals surface area contributed by atoms with Crippen LogP contribution in [0.3, 0.4) is 0 Å². The van der Waals surface area contributed by atoms with Crippen LogP contribution in [0, 0.1) is 24.4 Å². The summed E-state index contributed by atoms with van der Waals surface area (Å²) in [5, 5.41) is 6.11. The highest BCUT2D eigenvalue weighted by Crippen LogP contribution is 2.32. The van der Waals surface area contributed by atoms with Crippen LogP contribution >= 0.6 is 11.6 Å². The Morgan fingerprint density at radius 1 is 0.979 bits per heavy atom. The lowest BCUT2D eigenvalue weighted by molar-refractivity contribution is -0.117. The molecule has 7 nitrogen and oxygen atoms in total. The van der Waals surface area contributed by atoms with E-state index in [2.05, 4.69) is 10.6 Å². The number of aryl methyl sites for hydroxylation is 1. The summed E-state index contributed by atoms with van der Waals surface area (Å²) >= 11 is 6.28. The van der Waals surface area contributed by atoms with Crippen LogP contribution in [0.1, 0.15) is 41.5 Å². The molecule has 47 heavy (non-hydrogen) atoms. The summed E-state index contributed by atoms with van der Waals surface area (Å²) in [6.07, 6.45) is 0.327. The van der Waals surface area contributed by atoms with Crippen molar-refractivity contribution < 1.29 is 26.4 Å². The Morgan fingerprint density at radius 2 is 1.70 bits per heavy atom. The molecule has 4 aromatic rings. The van der Waals surface area contributed by atoms with Gasteiger partial charge < -0.3 is 16.4 Å². The summed E-state index contributed by atoms with van der Waals surface area (Å²) in [7, 11) is -3.99. The zero-order valence-electron chi connectivity index (χ0n) is 25.9. The highest BCUT2D eigenvalue weighted by Gasteiger charge is 2.39. The fraction of sp³-hybridized carbons (Fsp3) is 0.286. The second-order valence-electron chi connectivity index (χ2n) is 11.8. The number of benzene rings is 4. The van der Waals surface area contributed by atoms with Crippen molar-refractivity contribution in [2.24, 2.45) is 5.73 Å². The van der Waals surface area contributed by atoms with Gasteiger partial charge in [-0.3, -0.25) is 4.79 Å². The number of carbonyl (C=O) groups is 1. The van der Waals surface area contributed by atoms with Crippen LogP contribution in [0.5, 0.6) is 0 Å². The van der Waals surface area contributed by atoms with E-state index in [1.165, 1.54) is 65.0 Å². The minimum atomic E-state index is -3.99. The molecule has 0 radical (unpaired) electrons. The normalized spacial score (nSPS) is 18.4. The lowest BCUT2D eigenvalue weighted by Crippen LogP contribution is -2.58. The third kappa shape index (κ3) is 7.71. The van der Waals surface area contributed by atoms with E-state index >= 15 is 4.39 Å². The second kappa shape index (κ2) is 14.6. The third-order valence-corrected chi connectivity index (χ3v) is 11.0. The highest BCUT2D eigenvalue weighted by molar-refractivity contribution is 7.89. The minimum Gasteiger partial charge on any atom is -0.324 e. The Balaban J connectivity index is 1.40. The summed E-state index contributed by atoms with van der Waals surface area (Å²) in [5.74, 6) is -3.08. The summed E-state index contributed by atoms with van der Waals surface area (Å²) < 4.78 is 72.6. The molecule has 248 valence electrons. The average Bonchev–Trinajstić information content (AvgIpc) is 3.01. The molecule has 1 heterocycles. The van der Waals surface area contributed by atoms with E-state index in [-0.39, 0.29) is 34.0 Å². The van der Waals surface area contributed by atoms with Crippen LogP contribution < -0.4 is 16.4 Å². The Hall–Kier alpha value is -3.74. The molecule has 1 fully saturated rings. The van der Waals surface area contributed by atoms with Crippen LogP contribution in [0.2, 0.25) is 5.02 Å². The fourth-order valence-electron chi connectivity index (χ4n) is 6.26. The number of rotatable bonds is 10. The second-order valence-corrected chi connectivity index (χ2v) is 14.1. The van der Waals surface area contributed by atoms with Crippen LogP contribution in [0.25, 0.3) is 0 Å². The maximum Gasteiger partial charge on any atom is 0.245 e. The van der Waals surface area contributed by atoms with Crippen molar-refractivity contribution in [1.82, 2.24) is 9.62 Å². The minimum absolute atomic E-state index is 0.00236. The van der Waals surface area contributed by atoms with E-state index in [1.54, 1.807) is 38.1 Å². The Morgan fingerprint density at radius 3 is 2.40 bits per heavy atom. The molecule has 0 aromatic heterocycles. The van der Waals surface area contributed by atoms with Gasteiger partial charge in [-0.25, -0.2) is 21.6 Å². The van der Waals surface area contributed by atoms with Gasteiger partial charge in [0.25, 0.3) is 0 Å². The number of carbonyl (C=O) groups excluding carboxylic acids is 1. The van der Waals surface area contributed by atoms with Gasteiger partial charge in [0.2, 0.25) is 15.9 Å². The molecular formula is C35H36ClF3N4O3S. The Labute approximate surface area is 278 Å². The molecule has 1 aliphatic rings. The zero-order valence-corrected chi connectivity index (χ0v) is 27.5. The molecule has 4 atom stereocenters. The standard InChI is InChI=1S/C35H36ClF3N4O3S/c1-21-16-24(18-26(38)17-21)33(23-10-12-25(37)13-11-23)34(40)35(44)42-31-8-5-7-30(39)28(31)15-14-27-20-41-19-22(2)43(27)47(45,46)32-9-4-3-6-29(32)36/h3-13,16-18,22,27,33-34,41H,14-15,19-20,40H2,1-2H3,(H,42,44)/t22-,27+,33+,34+/m1/s1. The number of piperazine rings is 1. The Kier molecular flexibility index (Phi) is 10.7. The molecule has 4 aromatic carbocycles. The molecule has 0 spiro atoms. The quantitative estimate of drug-likeness (QED) is 0.186. The number of anilines is 1. The van der Waals surface area contributed by atoms with E-state index in [0.717, 1.165) is 0 Å². The number of hydrogen-bond acceptors (Lipinski definition) is 5. The predicted molar refractivity (Wildman–Crippen MR) is 177 cm³/mol. The molecular weight excluding hydrogens is 649 g/mol. The van der Waals surface area contributed by atoms with Gasteiger partial charge >= 0.3 is 0 Å². The number of nitrogens with two attached hydrogens (primary N) is 1. The van der Waals surface area contributed by atoms with Crippen molar-refractivity contribution in [1.29, 1.82) is 0 Å². The van der Waals surface area contributed by atoms with Crippen molar-refractivity contribution in [2.45, 2.75) is 55.6 Å². The molecule has 0 saturated carbocycles. The average molecular weight is 685 g/mol. The predicted octanol–water partition coefficient (Wildman–Crippen LogP) is 6.15. The highest BCUT2D eigenvalue weighted by atomic mass is 35.5. The lowest BCUT2D eigenvalue weighted by atomic mass is 9.84. The maximum atomic E-state index is 15.4. The van der Waals surface area contributed by atoms with Crippen LogP contribution in [0.15, 0.2) is 89.8 Å². The first kappa shape index (κ1) is 34.6. The Bertz CT molecular complexity index is 1840. The number of amides is 1. The first-order valence-electron chi connectivity index (χ1n) is 15.2. The van der Waals surface area contributed by atoms with E-state index < -0.39 is 57.4 Å². The first-order valence-corrected chi connectivity index (χ1v) is 17.0. The van der Waals surface area contributed by atoms with Crippen LogP contribution in [-0.2, 0) is 21.2 Å². The largest absolute Gasteiger partial charge is 0.324 e. The number of nitrogens with zero attached hydrogens (tertiary/aromatic N) is 1. The molecule has 1 saturated heterocycles. The van der Waals surface area contributed by atoms with Gasteiger partial charge in [-0.2, -0.15) is 4.31 Å². The number of nitrogens with one attached hydrogen (secondary N) is 2. The van der Waals surface area contributed by atoms with Crippen LogP contribution in [0.4, 0.5) is 18.9 Å². The molecule has 0 bridgehead atoms. The van der Waals surface area contributed by atoms with E-state index in [0.29, 0.717) is 29.8 Å². The molecule has 0 aliphatic carbocycles. The van der Waals surface area contributed by atoms with Crippen LogP contribution in [-0.4, -0.2) is 49.8 Å². The van der Waals surface area contributed by atoms with Crippen molar-refractivity contribution in [3.05, 3.63) is 130 Å². The smallest absolute Gasteiger partial charge is 0.245 e. The van der Waals surface area contributed by atoms with E-state index in [1.807, 2.05) is 0 Å². The maximum absolute atomic E-state index is 15.4. The molecule has 5 rings (SSSR count). The lowest BCUT2D eigenvalue weighted by Gasteiger charge is -2.40. The molecule has 4 N–H and O–H groups in total. The topological polar surface area (TPSA) is 105 Å². The number of hydrogen-bond donors (Lipinski definition) is 3. The summed E-state index contributed by atoms with van der Waals surface area (Å²) in [4.78, 5) is 13.7. The summed E-state index contributed by atoms with van der Waals surface area (Å²) in [6, 6.07) is 18.1. The number of sulfonamides is 1. The summed E-state index contributed by atoms with van der Waals surface area (Å²) in [6.45, 7) is 4.27. The van der Waals surface area contributed by atoms with E-state index in [4.69, 9.17) is 17.3 Å². The van der Waals surface area contributed by atoms with Gasteiger partial charge in [0.05, 0.1) is 11.1 Å². The van der Waals surface area contributed by atoms with Crippen molar-refractivity contribution in [2.75, 3.05) is 18.4 Å². The first-order chi connectivity index (χ1) is 22.4. The van der Waals surface area contributed by atoms with Gasteiger partial charge in [0.1, 0.15) is 22.3 Å². The SMILES string of the molecule is Cc1cc(F)cc([C@H](c2ccc(F)cc2)[C@H](N)C(=O)Nc2cccc(F)c2CC[C@H]2CNC[C@@H](C)N2S(=O)(=O)c2ccccc2Cl)c1. The van der Waals surface area contributed by atoms with Gasteiger partial charge in [-0.05, 0) is 91.9 Å². The van der Waals surface area contributed by atoms with Crippen molar-refractivity contribution in [3.8, 4) is 0 Å². The molecule has 1 amide bonds. The zero-order chi connectivity index (χ0) is 33.9. The van der Waals surface area contributed by atoms with E-state index in [9.17, 15) is 22.0 Å². The fourth-order valence-corrected chi connectivity index (χ4v) is 8.60. The molecule has 12 heteroatoms. The molecule has 1 aliphatic heterocycles. The van der Waals surface area contributed by atoms with Crippen molar-refractivity contribution in [3.63, 3.8) is 0 Å². The van der Waals surface area contributed by atoms with Gasteiger partial charge in [-0.15, -0.1) is 0 Å². The summed E-state index contributed by atoms with van der Waals surface area (Å²) in [5.41, 5.74) is 8.42. The van der Waals surface area contributed by atoms with Gasteiger partial charge in [0, 0.05) is 42.3 Å². The van der Waals surface area contributed by atoms with Gasteiger partial charge in [-0.1, -0.05) is 48.0 Å². The monoisotopic (exact) mass is 684 g/mol. The third-order valence-electron chi connectivity index (χ3n) is 8.42. The van der Waals surface area contributed by atoms with Crippen molar-refractivity contribution >= 4 is 33.2 Å². The molecule has 0 unspecified atom stereocenters. The van der Waals surface area contributed by atoms with Gasteiger partial charge in [0.15, 0.2) is 0 Å².